The maximum atomic E-state index is 11.5. The van der Waals surface area contributed by atoms with E-state index in [2.05, 4.69) is 10.4 Å². The summed E-state index contributed by atoms with van der Waals surface area (Å²) in [7, 11) is 1.60. The van der Waals surface area contributed by atoms with Crippen LogP contribution in [0.15, 0.2) is 6.20 Å². The number of hydrogen-bond donors (Lipinski definition) is 2. The molecule has 1 amide bonds. The minimum absolute atomic E-state index is 0.0150. The minimum atomic E-state index is -1.04. The van der Waals surface area contributed by atoms with Crippen LogP contribution < -0.4 is 5.32 Å². The molecule has 1 aromatic rings. The van der Waals surface area contributed by atoms with E-state index in [-0.39, 0.29) is 18.0 Å². The Balaban J connectivity index is 2.44. The highest BCUT2D eigenvalue weighted by Crippen LogP contribution is 2.04. The number of aryl methyl sites for hydroxylation is 1. The molecular weight excluding hydrogens is 238 g/mol. The van der Waals surface area contributed by atoms with Gasteiger partial charge in [-0.05, 0) is 13.3 Å². The second-order valence-electron chi connectivity index (χ2n) is 3.83. The van der Waals surface area contributed by atoms with Gasteiger partial charge in [-0.15, -0.1) is 0 Å². The molecule has 0 saturated heterocycles. The van der Waals surface area contributed by atoms with Crippen LogP contribution in [0, 0.1) is 6.92 Å². The summed E-state index contributed by atoms with van der Waals surface area (Å²) >= 11 is 0. The molecule has 0 aliphatic rings. The average Bonchev–Trinajstić information content (AvgIpc) is 2.66. The van der Waals surface area contributed by atoms with E-state index in [1.165, 1.54) is 10.9 Å². The van der Waals surface area contributed by atoms with E-state index in [0.717, 1.165) is 6.42 Å². The minimum Gasteiger partial charge on any atom is -0.478 e. The third-order valence-corrected chi connectivity index (χ3v) is 2.33. The van der Waals surface area contributed by atoms with Crippen molar-refractivity contribution in [3.05, 3.63) is 17.5 Å². The summed E-state index contributed by atoms with van der Waals surface area (Å²) in [6, 6.07) is 0. The van der Waals surface area contributed by atoms with E-state index in [1.54, 1.807) is 14.0 Å². The van der Waals surface area contributed by atoms with Crippen LogP contribution in [0.25, 0.3) is 0 Å². The van der Waals surface area contributed by atoms with Gasteiger partial charge in [0.1, 0.15) is 12.1 Å². The van der Waals surface area contributed by atoms with Crippen molar-refractivity contribution in [2.24, 2.45) is 0 Å². The van der Waals surface area contributed by atoms with Crippen LogP contribution in [0.3, 0.4) is 0 Å². The Morgan fingerprint density at radius 3 is 2.83 bits per heavy atom. The second kappa shape index (κ2) is 6.75. The lowest BCUT2D eigenvalue weighted by Gasteiger charge is -2.04. The molecule has 1 aromatic heterocycles. The van der Waals surface area contributed by atoms with Crippen molar-refractivity contribution in [3.8, 4) is 0 Å². The Morgan fingerprint density at radius 2 is 2.28 bits per heavy atom. The number of amides is 1. The zero-order valence-electron chi connectivity index (χ0n) is 10.5. The van der Waals surface area contributed by atoms with Gasteiger partial charge in [0.25, 0.3) is 0 Å². The Kier molecular flexibility index (Phi) is 5.31. The molecule has 0 aliphatic heterocycles. The Bertz CT molecular complexity index is 428. The van der Waals surface area contributed by atoms with Gasteiger partial charge >= 0.3 is 5.97 Å². The lowest BCUT2D eigenvalue weighted by atomic mass is 10.3. The number of ether oxygens (including phenoxy) is 1. The van der Waals surface area contributed by atoms with Crippen LogP contribution >= 0.6 is 0 Å². The Morgan fingerprint density at radius 1 is 1.56 bits per heavy atom. The van der Waals surface area contributed by atoms with Crippen molar-refractivity contribution in [2.45, 2.75) is 19.9 Å². The van der Waals surface area contributed by atoms with Gasteiger partial charge in [0.2, 0.25) is 5.91 Å². The molecule has 2 N–H and O–H groups in total. The summed E-state index contributed by atoms with van der Waals surface area (Å²) in [5.41, 5.74) is 0.511. The van der Waals surface area contributed by atoms with Crippen LogP contribution in [0.1, 0.15) is 22.5 Å². The lowest BCUT2D eigenvalue weighted by Crippen LogP contribution is -2.29. The highest BCUT2D eigenvalue weighted by atomic mass is 16.5. The van der Waals surface area contributed by atoms with Gasteiger partial charge in [-0.1, -0.05) is 0 Å². The Hall–Kier alpha value is -1.89. The van der Waals surface area contributed by atoms with Gasteiger partial charge in [-0.25, -0.2) is 4.79 Å². The molecule has 0 unspecified atom stereocenters. The van der Waals surface area contributed by atoms with E-state index < -0.39 is 5.97 Å². The van der Waals surface area contributed by atoms with E-state index in [9.17, 15) is 9.59 Å². The quantitative estimate of drug-likeness (QED) is 0.671. The molecule has 0 fully saturated rings. The standard InChI is InChI=1S/C11H17N3O4/c1-8-9(11(16)17)6-14(13-8)7-10(15)12-4-3-5-18-2/h6H,3-5,7H2,1-2H3,(H,12,15)(H,16,17). The van der Waals surface area contributed by atoms with Crippen LogP contribution in [-0.4, -0.2) is 47.0 Å². The fourth-order valence-electron chi connectivity index (χ4n) is 1.46. The van der Waals surface area contributed by atoms with Crippen LogP contribution in [0.5, 0.6) is 0 Å². The number of carboxylic acids is 1. The normalized spacial score (nSPS) is 10.3. The van der Waals surface area contributed by atoms with Crippen molar-refractivity contribution >= 4 is 11.9 Å². The van der Waals surface area contributed by atoms with Crippen molar-refractivity contribution in [1.29, 1.82) is 0 Å². The summed E-state index contributed by atoms with van der Waals surface area (Å²) in [6.07, 6.45) is 2.09. The predicted molar refractivity (Wildman–Crippen MR) is 63.4 cm³/mol. The maximum Gasteiger partial charge on any atom is 0.339 e. The highest BCUT2D eigenvalue weighted by molar-refractivity contribution is 5.88. The first-order valence-electron chi connectivity index (χ1n) is 5.57. The smallest absolute Gasteiger partial charge is 0.339 e. The first kappa shape index (κ1) is 14.2. The van der Waals surface area contributed by atoms with Gasteiger partial charge in [-0.2, -0.15) is 5.10 Å². The van der Waals surface area contributed by atoms with Crippen LogP contribution in [0.4, 0.5) is 0 Å². The lowest BCUT2D eigenvalue weighted by molar-refractivity contribution is -0.121. The van der Waals surface area contributed by atoms with Crippen LogP contribution in [-0.2, 0) is 16.1 Å². The first-order chi connectivity index (χ1) is 8.54. The third-order valence-electron chi connectivity index (χ3n) is 2.33. The number of aromatic nitrogens is 2. The fourth-order valence-corrected chi connectivity index (χ4v) is 1.46. The number of carbonyl (C=O) groups is 2. The summed E-state index contributed by atoms with van der Waals surface area (Å²) in [6.45, 7) is 2.72. The van der Waals surface area contributed by atoms with Crippen molar-refractivity contribution in [3.63, 3.8) is 0 Å². The number of nitrogens with one attached hydrogen (secondary N) is 1. The highest BCUT2D eigenvalue weighted by Gasteiger charge is 2.13. The predicted octanol–water partition coefficient (Wildman–Crippen LogP) is 0.0424. The van der Waals surface area contributed by atoms with Crippen LogP contribution in [0.2, 0.25) is 0 Å². The maximum absolute atomic E-state index is 11.5. The van der Waals surface area contributed by atoms with Gasteiger partial charge in [-0.3, -0.25) is 9.48 Å². The van der Waals surface area contributed by atoms with E-state index >= 15 is 0 Å². The molecular formula is C11H17N3O4. The van der Waals surface area contributed by atoms with E-state index in [1.807, 2.05) is 0 Å². The molecule has 0 spiro atoms. The topological polar surface area (TPSA) is 93.5 Å². The number of nitrogens with zero attached hydrogens (tertiary/aromatic N) is 2. The summed E-state index contributed by atoms with van der Waals surface area (Å²) < 4.78 is 6.18. The van der Waals surface area contributed by atoms with Gasteiger partial charge < -0.3 is 15.2 Å². The Labute approximate surface area is 105 Å². The number of hydrogen-bond acceptors (Lipinski definition) is 4. The van der Waals surface area contributed by atoms with Gasteiger partial charge in [0.05, 0.1) is 5.69 Å². The van der Waals surface area contributed by atoms with Crippen molar-refractivity contribution in [1.82, 2.24) is 15.1 Å². The van der Waals surface area contributed by atoms with E-state index in [4.69, 9.17) is 9.84 Å². The number of methoxy groups -OCH3 is 1. The summed E-state index contributed by atoms with van der Waals surface area (Å²) in [5.74, 6) is -1.25. The monoisotopic (exact) mass is 255 g/mol. The van der Waals surface area contributed by atoms with Gasteiger partial charge in [0.15, 0.2) is 0 Å². The number of rotatable bonds is 7. The third kappa shape index (κ3) is 4.17. The summed E-state index contributed by atoms with van der Waals surface area (Å²) in [4.78, 5) is 22.3. The van der Waals surface area contributed by atoms with E-state index in [0.29, 0.717) is 18.8 Å². The number of aromatic carboxylic acids is 1. The second-order valence-corrected chi connectivity index (χ2v) is 3.83. The first-order valence-corrected chi connectivity index (χ1v) is 5.57. The molecule has 1 rings (SSSR count). The molecule has 0 saturated carbocycles. The largest absolute Gasteiger partial charge is 0.478 e. The fraction of sp³-hybridized carbons (Fsp3) is 0.545. The molecule has 18 heavy (non-hydrogen) atoms. The zero-order valence-corrected chi connectivity index (χ0v) is 10.5. The summed E-state index contributed by atoms with van der Waals surface area (Å²) in [5, 5.41) is 15.5. The number of carbonyl (C=O) groups excluding carboxylic acids is 1. The molecule has 7 nitrogen and oxygen atoms in total. The molecule has 100 valence electrons. The molecule has 1 heterocycles. The number of carboxylic acid groups (broad SMARTS) is 1. The van der Waals surface area contributed by atoms with Gasteiger partial charge in [0, 0.05) is 26.5 Å². The SMILES string of the molecule is COCCCNC(=O)Cn1cc(C(=O)O)c(C)n1. The molecule has 0 aromatic carbocycles. The zero-order chi connectivity index (χ0) is 13.5. The van der Waals surface area contributed by atoms with Crippen molar-refractivity contribution < 1.29 is 19.4 Å². The average molecular weight is 255 g/mol. The molecule has 0 radical (unpaired) electrons. The molecule has 0 aliphatic carbocycles. The molecule has 7 heteroatoms. The molecule has 0 atom stereocenters. The molecule has 0 bridgehead atoms. The van der Waals surface area contributed by atoms with Crippen molar-refractivity contribution in [2.75, 3.05) is 20.3 Å².